The zero-order valence-corrected chi connectivity index (χ0v) is 21.4. The summed E-state index contributed by atoms with van der Waals surface area (Å²) >= 11 is 11.6. The van der Waals surface area contributed by atoms with Gasteiger partial charge in [0.2, 0.25) is 0 Å². The lowest BCUT2D eigenvalue weighted by atomic mass is 10.1. The van der Waals surface area contributed by atoms with Crippen LogP contribution in [0.25, 0.3) is 0 Å². The number of halogens is 1. The molecular weight excluding hydrogens is 504 g/mol. The van der Waals surface area contributed by atoms with E-state index in [1.807, 2.05) is 11.9 Å². The van der Waals surface area contributed by atoms with Gasteiger partial charge in [-0.3, -0.25) is 25.0 Å². The molecule has 0 bridgehead atoms. The lowest BCUT2D eigenvalue weighted by molar-refractivity contribution is -0.384. The summed E-state index contributed by atoms with van der Waals surface area (Å²) in [6.07, 6.45) is 1.95. The first-order valence-electron chi connectivity index (χ1n) is 11.7. The number of nitro benzene ring substituents is 1. The highest BCUT2D eigenvalue weighted by molar-refractivity contribution is 7.80. The molecule has 190 valence electrons. The van der Waals surface area contributed by atoms with Crippen molar-refractivity contribution in [1.29, 1.82) is 0 Å². The molecule has 0 aliphatic carbocycles. The van der Waals surface area contributed by atoms with Gasteiger partial charge in [-0.25, -0.2) is 0 Å². The molecule has 36 heavy (non-hydrogen) atoms. The van der Waals surface area contributed by atoms with Gasteiger partial charge in [0, 0.05) is 56.5 Å². The molecule has 0 saturated carbocycles. The van der Waals surface area contributed by atoms with Crippen LogP contribution in [-0.4, -0.2) is 78.0 Å². The van der Waals surface area contributed by atoms with Crippen molar-refractivity contribution < 1.29 is 14.5 Å². The Morgan fingerprint density at radius 1 is 1.00 bits per heavy atom. The predicted molar refractivity (Wildman–Crippen MR) is 143 cm³/mol. The van der Waals surface area contributed by atoms with E-state index in [-0.39, 0.29) is 22.3 Å². The van der Waals surface area contributed by atoms with Crippen LogP contribution in [0.5, 0.6) is 0 Å². The standard InChI is InChI=1S/C24H27ClN6O4S/c1-28-10-12-30(13-11-28)23(33)17-4-6-18(25)19(14-17)26-24(36)27-22(32)16-5-7-20(21(15-16)31(34)35)29-8-2-3-9-29/h4-7,14-15H,2-3,8-13H2,1H3,(H2,26,27,32,36). The number of benzene rings is 2. The van der Waals surface area contributed by atoms with Crippen LogP contribution in [0.15, 0.2) is 36.4 Å². The molecule has 2 saturated heterocycles. The number of nitrogens with one attached hydrogen (secondary N) is 2. The lowest BCUT2D eigenvalue weighted by Gasteiger charge is -2.32. The third-order valence-electron chi connectivity index (χ3n) is 6.36. The molecule has 2 N–H and O–H groups in total. The molecule has 2 heterocycles. The van der Waals surface area contributed by atoms with Gasteiger partial charge in [-0.1, -0.05) is 11.6 Å². The van der Waals surface area contributed by atoms with E-state index in [0.29, 0.717) is 35.1 Å². The van der Waals surface area contributed by atoms with E-state index in [1.165, 1.54) is 6.07 Å². The molecule has 0 radical (unpaired) electrons. The van der Waals surface area contributed by atoms with E-state index in [1.54, 1.807) is 35.2 Å². The molecule has 0 atom stereocenters. The van der Waals surface area contributed by atoms with E-state index < -0.39 is 10.8 Å². The molecule has 2 aliphatic rings. The van der Waals surface area contributed by atoms with Crippen LogP contribution in [0, 0.1) is 10.1 Å². The van der Waals surface area contributed by atoms with E-state index in [2.05, 4.69) is 15.5 Å². The smallest absolute Gasteiger partial charge is 0.293 e. The number of thiocarbonyl (C=S) groups is 1. The number of likely N-dealkylation sites (N-methyl/N-ethyl adjacent to an activating group) is 1. The summed E-state index contributed by atoms with van der Waals surface area (Å²) in [5, 5.41) is 17.3. The topological polar surface area (TPSA) is 111 Å². The normalized spacial score (nSPS) is 16.1. The Bertz CT molecular complexity index is 1200. The maximum atomic E-state index is 12.9. The van der Waals surface area contributed by atoms with Crippen LogP contribution in [0.1, 0.15) is 33.6 Å². The Kier molecular flexibility index (Phi) is 8.02. The summed E-state index contributed by atoms with van der Waals surface area (Å²) in [6.45, 7) is 4.38. The number of rotatable bonds is 5. The van der Waals surface area contributed by atoms with Crippen LogP contribution in [-0.2, 0) is 0 Å². The Morgan fingerprint density at radius 3 is 2.33 bits per heavy atom. The van der Waals surface area contributed by atoms with Crippen LogP contribution in [0.3, 0.4) is 0 Å². The number of carbonyl (C=O) groups excluding carboxylic acids is 2. The average molecular weight is 531 g/mol. The summed E-state index contributed by atoms with van der Waals surface area (Å²) in [7, 11) is 2.02. The minimum Gasteiger partial charge on any atom is -0.366 e. The predicted octanol–water partition coefficient (Wildman–Crippen LogP) is 3.36. The highest BCUT2D eigenvalue weighted by Gasteiger charge is 2.25. The van der Waals surface area contributed by atoms with Crippen molar-refractivity contribution in [2.75, 3.05) is 56.5 Å². The maximum Gasteiger partial charge on any atom is 0.293 e. The molecule has 2 amide bonds. The van der Waals surface area contributed by atoms with Crippen molar-refractivity contribution in [3.8, 4) is 0 Å². The lowest BCUT2D eigenvalue weighted by Crippen LogP contribution is -2.47. The second-order valence-electron chi connectivity index (χ2n) is 8.85. The number of hydrogen-bond donors (Lipinski definition) is 2. The van der Waals surface area contributed by atoms with Crippen molar-refractivity contribution >= 4 is 57.8 Å². The average Bonchev–Trinajstić information content (AvgIpc) is 3.40. The zero-order chi connectivity index (χ0) is 25.8. The van der Waals surface area contributed by atoms with Gasteiger partial charge in [-0.05, 0) is 62.4 Å². The first-order chi connectivity index (χ1) is 17.2. The van der Waals surface area contributed by atoms with Crippen LogP contribution < -0.4 is 15.5 Å². The van der Waals surface area contributed by atoms with E-state index in [9.17, 15) is 19.7 Å². The number of piperazine rings is 1. The molecule has 0 unspecified atom stereocenters. The Labute approximate surface area is 219 Å². The fourth-order valence-corrected chi connectivity index (χ4v) is 4.68. The molecule has 12 heteroatoms. The van der Waals surface area contributed by atoms with Crippen LogP contribution >= 0.6 is 23.8 Å². The highest BCUT2D eigenvalue weighted by Crippen LogP contribution is 2.31. The fourth-order valence-electron chi connectivity index (χ4n) is 4.31. The summed E-state index contributed by atoms with van der Waals surface area (Å²) in [4.78, 5) is 42.7. The third-order valence-corrected chi connectivity index (χ3v) is 6.89. The molecule has 2 fully saturated rings. The van der Waals surface area contributed by atoms with Gasteiger partial charge < -0.3 is 20.0 Å². The van der Waals surface area contributed by atoms with Gasteiger partial charge in [-0.15, -0.1) is 0 Å². The van der Waals surface area contributed by atoms with Gasteiger partial charge in [0.05, 0.1) is 15.6 Å². The summed E-state index contributed by atoms with van der Waals surface area (Å²) < 4.78 is 0. The van der Waals surface area contributed by atoms with E-state index in [0.717, 1.165) is 39.0 Å². The minimum atomic E-state index is -0.593. The molecule has 4 rings (SSSR count). The van der Waals surface area contributed by atoms with Crippen molar-refractivity contribution in [2.24, 2.45) is 0 Å². The largest absolute Gasteiger partial charge is 0.366 e. The second kappa shape index (κ2) is 11.2. The highest BCUT2D eigenvalue weighted by atomic mass is 35.5. The number of amides is 2. The summed E-state index contributed by atoms with van der Waals surface area (Å²) in [6, 6.07) is 9.24. The summed E-state index contributed by atoms with van der Waals surface area (Å²) in [5.74, 6) is -0.701. The van der Waals surface area contributed by atoms with Gasteiger partial charge in [-0.2, -0.15) is 0 Å². The number of nitro groups is 1. The Hall–Kier alpha value is -3.28. The molecule has 2 aromatic rings. The number of carbonyl (C=O) groups is 2. The number of hydrogen-bond acceptors (Lipinski definition) is 7. The Balaban J connectivity index is 1.43. The quantitative estimate of drug-likeness (QED) is 0.344. The minimum absolute atomic E-state index is 0.0441. The van der Waals surface area contributed by atoms with Gasteiger partial charge >= 0.3 is 0 Å². The SMILES string of the molecule is CN1CCN(C(=O)c2ccc(Cl)c(NC(=S)NC(=O)c3ccc(N4CCCC4)c([N+](=O)[O-])c3)c2)CC1. The molecule has 0 spiro atoms. The second-order valence-corrected chi connectivity index (χ2v) is 9.67. The van der Waals surface area contributed by atoms with Crippen LogP contribution in [0.4, 0.5) is 17.1 Å². The van der Waals surface area contributed by atoms with E-state index >= 15 is 0 Å². The van der Waals surface area contributed by atoms with Crippen LogP contribution in [0.2, 0.25) is 5.02 Å². The zero-order valence-electron chi connectivity index (χ0n) is 19.8. The molecule has 2 aliphatic heterocycles. The summed E-state index contributed by atoms with van der Waals surface area (Å²) in [5.41, 5.74) is 1.31. The molecular formula is C24H27ClN6O4S. The van der Waals surface area contributed by atoms with Gasteiger partial charge in [0.25, 0.3) is 17.5 Å². The molecule has 2 aromatic carbocycles. The van der Waals surface area contributed by atoms with Gasteiger partial charge in [0.15, 0.2) is 5.11 Å². The third kappa shape index (κ3) is 5.92. The van der Waals surface area contributed by atoms with Crippen molar-refractivity contribution in [2.45, 2.75) is 12.8 Å². The number of anilines is 2. The fraction of sp³-hybridized carbons (Fsp3) is 0.375. The Morgan fingerprint density at radius 2 is 1.67 bits per heavy atom. The maximum absolute atomic E-state index is 12.9. The first kappa shape index (κ1) is 25.8. The molecule has 10 nitrogen and oxygen atoms in total. The first-order valence-corrected chi connectivity index (χ1v) is 12.4. The van der Waals surface area contributed by atoms with Gasteiger partial charge in [0.1, 0.15) is 5.69 Å². The van der Waals surface area contributed by atoms with Crippen molar-refractivity contribution in [1.82, 2.24) is 15.1 Å². The monoisotopic (exact) mass is 530 g/mol. The van der Waals surface area contributed by atoms with E-state index in [4.69, 9.17) is 23.8 Å². The van der Waals surface area contributed by atoms with Crippen molar-refractivity contribution in [3.63, 3.8) is 0 Å². The van der Waals surface area contributed by atoms with Crippen molar-refractivity contribution in [3.05, 3.63) is 62.7 Å². The number of nitrogens with zero attached hydrogens (tertiary/aromatic N) is 4. The molecule has 0 aromatic heterocycles.